The quantitative estimate of drug-likeness (QED) is 0.883. The molecule has 1 atom stereocenters. The molecule has 2 rings (SSSR count). The van der Waals surface area contributed by atoms with Gasteiger partial charge in [0.15, 0.2) is 0 Å². The molecule has 2 N–H and O–H groups in total. The molecule has 2 nitrogen and oxygen atoms in total. The van der Waals surface area contributed by atoms with Gasteiger partial charge in [-0.3, -0.25) is 4.90 Å². The standard InChI is InChI=1S/C14H15Cl2FN2S/c1-19(8-12-2-3-14(16)20-12)13(7-18)9-4-10(15)6-11(17)5-9/h2-6,13H,7-8,18H2,1H3. The lowest BCUT2D eigenvalue weighted by molar-refractivity contribution is 0.243. The van der Waals surface area contributed by atoms with Gasteiger partial charge in [-0.1, -0.05) is 23.2 Å². The Morgan fingerprint density at radius 3 is 2.60 bits per heavy atom. The Labute approximate surface area is 131 Å². The number of likely N-dealkylation sites (N-methyl/N-ethyl adjacent to an activating group) is 1. The Morgan fingerprint density at radius 1 is 1.30 bits per heavy atom. The number of benzene rings is 1. The Bertz CT molecular complexity index is 568. The molecule has 2 aromatic rings. The lowest BCUT2D eigenvalue weighted by atomic mass is 10.1. The first-order valence-electron chi connectivity index (χ1n) is 6.10. The zero-order chi connectivity index (χ0) is 14.7. The van der Waals surface area contributed by atoms with Gasteiger partial charge in [0.25, 0.3) is 0 Å². The maximum Gasteiger partial charge on any atom is 0.125 e. The van der Waals surface area contributed by atoms with E-state index in [0.29, 0.717) is 18.1 Å². The first-order valence-corrected chi connectivity index (χ1v) is 7.67. The molecular weight excluding hydrogens is 318 g/mol. The van der Waals surface area contributed by atoms with E-state index in [1.54, 1.807) is 6.07 Å². The van der Waals surface area contributed by atoms with Crippen LogP contribution < -0.4 is 5.73 Å². The number of rotatable bonds is 5. The number of hydrogen-bond acceptors (Lipinski definition) is 3. The Balaban J connectivity index is 2.18. The van der Waals surface area contributed by atoms with Gasteiger partial charge in [0.05, 0.1) is 4.34 Å². The lowest BCUT2D eigenvalue weighted by Crippen LogP contribution is -2.30. The van der Waals surface area contributed by atoms with Crippen LogP contribution in [0.25, 0.3) is 0 Å². The largest absolute Gasteiger partial charge is 0.329 e. The highest BCUT2D eigenvalue weighted by Gasteiger charge is 2.17. The van der Waals surface area contributed by atoms with E-state index in [0.717, 1.165) is 14.8 Å². The van der Waals surface area contributed by atoms with Crippen molar-refractivity contribution >= 4 is 34.5 Å². The van der Waals surface area contributed by atoms with Gasteiger partial charge in [-0.2, -0.15) is 0 Å². The molecule has 0 aliphatic carbocycles. The van der Waals surface area contributed by atoms with Crippen LogP contribution in [0.5, 0.6) is 0 Å². The van der Waals surface area contributed by atoms with Gasteiger partial charge in [-0.15, -0.1) is 11.3 Å². The maximum absolute atomic E-state index is 13.5. The molecule has 0 saturated heterocycles. The monoisotopic (exact) mass is 332 g/mol. The highest BCUT2D eigenvalue weighted by Crippen LogP contribution is 2.27. The van der Waals surface area contributed by atoms with E-state index in [-0.39, 0.29) is 11.9 Å². The van der Waals surface area contributed by atoms with Gasteiger partial charge in [0.2, 0.25) is 0 Å². The summed E-state index contributed by atoms with van der Waals surface area (Å²) < 4.78 is 14.2. The van der Waals surface area contributed by atoms with Gasteiger partial charge in [-0.25, -0.2) is 4.39 Å². The number of nitrogens with zero attached hydrogens (tertiary/aromatic N) is 1. The van der Waals surface area contributed by atoms with Crippen molar-refractivity contribution in [2.24, 2.45) is 5.73 Å². The molecule has 1 aromatic heterocycles. The Morgan fingerprint density at radius 2 is 2.05 bits per heavy atom. The lowest BCUT2D eigenvalue weighted by Gasteiger charge is -2.27. The molecule has 1 unspecified atom stereocenters. The van der Waals surface area contributed by atoms with E-state index in [9.17, 15) is 4.39 Å². The maximum atomic E-state index is 13.5. The van der Waals surface area contributed by atoms with Crippen LogP contribution in [-0.2, 0) is 6.54 Å². The topological polar surface area (TPSA) is 29.3 Å². The van der Waals surface area contributed by atoms with E-state index in [1.165, 1.54) is 23.5 Å². The van der Waals surface area contributed by atoms with Crippen molar-refractivity contribution in [2.75, 3.05) is 13.6 Å². The summed E-state index contributed by atoms with van der Waals surface area (Å²) in [5.41, 5.74) is 6.62. The molecule has 0 radical (unpaired) electrons. The van der Waals surface area contributed by atoms with Crippen molar-refractivity contribution in [1.82, 2.24) is 4.90 Å². The van der Waals surface area contributed by atoms with Gasteiger partial charge < -0.3 is 5.73 Å². The van der Waals surface area contributed by atoms with Crippen LogP contribution in [-0.4, -0.2) is 18.5 Å². The summed E-state index contributed by atoms with van der Waals surface area (Å²) >= 11 is 13.4. The minimum absolute atomic E-state index is 0.0934. The molecule has 0 bridgehead atoms. The molecule has 0 amide bonds. The highest BCUT2D eigenvalue weighted by molar-refractivity contribution is 7.16. The van der Waals surface area contributed by atoms with Crippen molar-refractivity contribution in [3.05, 3.63) is 55.9 Å². The van der Waals surface area contributed by atoms with Crippen molar-refractivity contribution in [3.8, 4) is 0 Å². The normalized spacial score (nSPS) is 12.9. The smallest absolute Gasteiger partial charge is 0.125 e. The molecule has 0 fully saturated rings. The van der Waals surface area contributed by atoms with Crippen molar-refractivity contribution in [2.45, 2.75) is 12.6 Å². The minimum Gasteiger partial charge on any atom is -0.329 e. The number of hydrogen-bond donors (Lipinski definition) is 1. The molecule has 0 aliphatic rings. The summed E-state index contributed by atoms with van der Waals surface area (Å²) in [6.45, 7) is 1.09. The third-order valence-corrected chi connectivity index (χ3v) is 4.49. The third-order valence-electron chi connectivity index (χ3n) is 3.06. The number of halogens is 3. The average molecular weight is 333 g/mol. The molecular formula is C14H15Cl2FN2S. The van der Waals surface area contributed by atoms with E-state index in [2.05, 4.69) is 4.90 Å². The van der Waals surface area contributed by atoms with E-state index in [4.69, 9.17) is 28.9 Å². The summed E-state index contributed by atoms with van der Waals surface area (Å²) in [6.07, 6.45) is 0. The molecule has 6 heteroatoms. The van der Waals surface area contributed by atoms with Crippen LogP contribution in [0.3, 0.4) is 0 Å². The third kappa shape index (κ3) is 3.93. The number of thiophene rings is 1. The minimum atomic E-state index is -0.349. The second kappa shape index (κ2) is 6.87. The highest BCUT2D eigenvalue weighted by atomic mass is 35.5. The molecule has 108 valence electrons. The SMILES string of the molecule is CN(Cc1ccc(Cl)s1)C(CN)c1cc(F)cc(Cl)c1. The fourth-order valence-corrected chi connectivity index (χ4v) is 3.51. The van der Waals surface area contributed by atoms with Crippen LogP contribution in [0.1, 0.15) is 16.5 Å². The summed E-state index contributed by atoms with van der Waals surface area (Å²) in [4.78, 5) is 3.20. The van der Waals surface area contributed by atoms with Crippen LogP contribution in [0, 0.1) is 5.82 Å². The van der Waals surface area contributed by atoms with Crippen LogP contribution in [0.15, 0.2) is 30.3 Å². The molecule has 1 heterocycles. The molecule has 20 heavy (non-hydrogen) atoms. The predicted molar refractivity (Wildman–Crippen MR) is 84.0 cm³/mol. The molecule has 0 saturated carbocycles. The Hall–Kier alpha value is -0.650. The van der Waals surface area contributed by atoms with Crippen molar-refractivity contribution < 1.29 is 4.39 Å². The van der Waals surface area contributed by atoms with Crippen LogP contribution in [0.4, 0.5) is 4.39 Å². The second-order valence-electron chi connectivity index (χ2n) is 4.58. The summed E-state index contributed by atoms with van der Waals surface area (Å²) in [5.74, 6) is -0.349. The predicted octanol–water partition coefficient (Wildman–Crippen LogP) is 4.33. The average Bonchev–Trinajstić information content (AvgIpc) is 2.74. The fraction of sp³-hybridized carbons (Fsp3) is 0.286. The van der Waals surface area contributed by atoms with Crippen molar-refractivity contribution in [3.63, 3.8) is 0 Å². The molecule has 1 aromatic carbocycles. The van der Waals surface area contributed by atoms with Gasteiger partial charge in [0.1, 0.15) is 5.82 Å². The van der Waals surface area contributed by atoms with Gasteiger partial charge in [-0.05, 0) is 42.9 Å². The summed E-state index contributed by atoms with van der Waals surface area (Å²) in [7, 11) is 1.95. The first kappa shape index (κ1) is 15.7. The second-order valence-corrected chi connectivity index (χ2v) is 6.81. The molecule has 0 spiro atoms. The first-order chi connectivity index (χ1) is 9.49. The van der Waals surface area contributed by atoms with E-state index in [1.807, 2.05) is 19.2 Å². The zero-order valence-electron chi connectivity index (χ0n) is 10.9. The molecule has 0 aliphatic heterocycles. The van der Waals surface area contributed by atoms with E-state index >= 15 is 0 Å². The van der Waals surface area contributed by atoms with Gasteiger partial charge in [0, 0.05) is 29.0 Å². The fourth-order valence-electron chi connectivity index (χ4n) is 2.13. The summed E-state index contributed by atoms with van der Waals surface area (Å²) in [5, 5.41) is 0.381. The van der Waals surface area contributed by atoms with Gasteiger partial charge >= 0.3 is 0 Å². The summed E-state index contributed by atoms with van der Waals surface area (Å²) in [6, 6.07) is 8.27. The number of nitrogens with two attached hydrogens (primary N) is 1. The van der Waals surface area contributed by atoms with Crippen molar-refractivity contribution in [1.29, 1.82) is 0 Å². The van der Waals surface area contributed by atoms with Crippen LogP contribution in [0.2, 0.25) is 9.36 Å². The Kier molecular flexibility index (Phi) is 5.41. The zero-order valence-corrected chi connectivity index (χ0v) is 13.3. The van der Waals surface area contributed by atoms with E-state index < -0.39 is 0 Å². The van der Waals surface area contributed by atoms with Crippen LogP contribution >= 0.6 is 34.5 Å².